The summed E-state index contributed by atoms with van der Waals surface area (Å²) >= 11 is 0. The zero-order valence-electron chi connectivity index (χ0n) is 12.4. The van der Waals surface area contributed by atoms with Crippen molar-refractivity contribution in [2.75, 3.05) is 0 Å². The maximum Gasteiger partial charge on any atom is 0.0294 e. The lowest BCUT2D eigenvalue weighted by molar-refractivity contribution is 0.414. The standard InChI is InChI=1S/C19H23N/c1-14-7-9-16(10-8-14)15(2)20-19-12-11-17-5-3-4-6-18(17)13-19/h3-10,15,19-20H,11-13H2,1-2H3/t15-,19?/m0/s1. The molecule has 0 amide bonds. The third-order valence-corrected chi connectivity index (χ3v) is 4.41. The summed E-state index contributed by atoms with van der Waals surface area (Å²) in [6, 6.07) is 18.8. The molecule has 0 fully saturated rings. The van der Waals surface area contributed by atoms with Crippen LogP contribution in [0, 0.1) is 6.92 Å². The quantitative estimate of drug-likeness (QED) is 0.877. The second-order valence-corrected chi connectivity index (χ2v) is 6.01. The van der Waals surface area contributed by atoms with Gasteiger partial charge in [0.25, 0.3) is 0 Å². The van der Waals surface area contributed by atoms with Crippen molar-refractivity contribution in [2.24, 2.45) is 0 Å². The molecular weight excluding hydrogens is 242 g/mol. The zero-order chi connectivity index (χ0) is 13.9. The second kappa shape index (κ2) is 5.80. The third kappa shape index (κ3) is 2.94. The van der Waals surface area contributed by atoms with Crippen LogP contribution in [-0.2, 0) is 12.8 Å². The number of nitrogens with one attached hydrogen (secondary N) is 1. The molecule has 1 heteroatoms. The summed E-state index contributed by atoms with van der Waals surface area (Å²) in [6.07, 6.45) is 3.61. The predicted molar refractivity (Wildman–Crippen MR) is 85.0 cm³/mol. The van der Waals surface area contributed by atoms with Gasteiger partial charge in [-0.15, -0.1) is 0 Å². The highest BCUT2D eigenvalue weighted by Gasteiger charge is 2.19. The van der Waals surface area contributed by atoms with E-state index in [1.165, 1.54) is 35.1 Å². The van der Waals surface area contributed by atoms with E-state index in [4.69, 9.17) is 0 Å². The normalized spacial score (nSPS) is 19.4. The van der Waals surface area contributed by atoms with Crippen molar-refractivity contribution in [3.8, 4) is 0 Å². The second-order valence-electron chi connectivity index (χ2n) is 6.01. The number of aryl methyl sites for hydroxylation is 2. The zero-order valence-corrected chi connectivity index (χ0v) is 12.4. The third-order valence-electron chi connectivity index (χ3n) is 4.41. The monoisotopic (exact) mass is 265 g/mol. The van der Waals surface area contributed by atoms with Crippen molar-refractivity contribution in [3.05, 3.63) is 70.8 Å². The Balaban J connectivity index is 1.66. The lowest BCUT2D eigenvalue weighted by Gasteiger charge is -2.28. The average Bonchev–Trinajstić information content (AvgIpc) is 2.48. The Bertz CT molecular complexity index is 571. The smallest absolute Gasteiger partial charge is 0.0294 e. The van der Waals surface area contributed by atoms with Crippen LogP contribution in [0.15, 0.2) is 48.5 Å². The topological polar surface area (TPSA) is 12.0 Å². The number of fused-ring (bicyclic) bond motifs is 1. The van der Waals surface area contributed by atoms with Crippen LogP contribution in [-0.4, -0.2) is 6.04 Å². The molecule has 1 aliphatic carbocycles. The van der Waals surface area contributed by atoms with Gasteiger partial charge in [-0.2, -0.15) is 0 Å². The number of rotatable bonds is 3. The Kier molecular flexibility index (Phi) is 3.88. The van der Waals surface area contributed by atoms with E-state index in [1.807, 2.05) is 0 Å². The molecule has 0 heterocycles. The van der Waals surface area contributed by atoms with Crippen molar-refractivity contribution >= 4 is 0 Å². The minimum absolute atomic E-state index is 0.422. The van der Waals surface area contributed by atoms with Crippen LogP contribution in [0.4, 0.5) is 0 Å². The molecule has 1 unspecified atom stereocenters. The molecule has 0 aliphatic heterocycles. The Morgan fingerprint density at radius 1 is 1.00 bits per heavy atom. The van der Waals surface area contributed by atoms with Crippen LogP contribution in [0.2, 0.25) is 0 Å². The molecule has 0 aromatic heterocycles. The number of benzene rings is 2. The number of hydrogen-bond acceptors (Lipinski definition) is 1. The molecule has 2 atom stereocenters. The van der Waals surface area contributed by atoms with Crippen LogP contribution in [0.3, 0.4) is 0 Å². The van der Waals surface area contributed by atoms with Crippen LogP contribution in [0.5, 0.6) is 0 Å². The Labute approximate surface area is 122 Å². The van der Waals surface area contributed by atoms with Crippen molar-refractivity contribution in [1.82, 2.24) is 5.32 Å². The maximum atomic E-state index is 3.80. The lowest BCUT2D eigenvalue weighted by Crippen LogP contribution is -2.36. The van der Waals surface area contributed by atoms with Crippen LogP contribution < -0.4 is 5.32 Å². The van der Waals surface area contributed by atoms with Gasteiger partial charge in [0.05, 0.1) is 0 Å². The minimum atomic E-state index is 0.422. The van der Waals surface area contributed by atoms with E-state index in [1.54, 1.807) is 0 Å². The van der Waals surface area contributed by atoms with Gasteiger partial charge in [0.1, 0.15) is 0 Å². The number of hydrogen-bond donors (Lipinski definition) is 1. The summed E-state index contributed by atoms with van der Waals surface area (Å²) in [4.78, 5) is 0. The van der Waals surface area contributed by atoms with Crippen molar-refractivity contribution < 1.29 is 0 Å². The highest BCUT2D eigenvalue weighted by atomic mass is 14.9. The van der Waals surface area contributed by atoms with Gasteiger partial charge < -0.3 is 5.32 Å². The summed E-state index contributed by atoms with van der Waals surface area (Å²) < 4.78 is 0. The van der Waals surface area contributed by atoms with Gasteiger partial charge >= 0.3 is 0 Å². The van der Waals surface area contributed by atoms with Crippen LogP contribution >= 0.6 is 0 Å². The van der Waals surface area contributed by atoms with E-state index in [0.29, 0.717) is 12.1 Å². The Morgan fingerprint density at radius 3 is 2.45 bits per heavy atom. The first-order chi connectivity index (χ1) is 9.72. The van der Waals surface area contributed by atoms with Crippen molar-refractivity contribution in [1.29, 1.82) is 0 Å². The molecule has 20 heavy (non-hydrogen) atoms. The molecule has 2 aromatic rings. The summed E-state index contributed by atoms with van der Waals surface area (Å²) in [6.45, 7) is 4.41. The molecule has 0 bridgehead atoms. The molecule has 1 aliphatic rings. The van der Waals surface area contributed by atoms with Crippen molar-refractivity contribution in [2.45, 2.75) is 45.2 Å². The average molecular weight is 265 g/mol. The first-order valence-corrected chi connectivity index (χ1v) is 7.62. The molecular formula is C19H23N. The molecule has 1 N–H and O–H groups in total. The first kappa shape index (κ1) is 13.4. The fraction of sp³-hybridized carbons (Fsp3) is 0.368. The Hall–Kier alpha value is -1.60. The van der Waals surface area contributed by atoms with E-state index >= 15 is 0 Å². The maximum absolute atomic E-state index is 3.80. The van der Waals surface area contributed by atoms with Gasteiger partial charge in [0, 0.05) is 12.1 Å². The van der Waals surface area contributed by atoms with E-state index in [0.717, 1.165) is 6.42 Å². The molecule has 0 spiro atoms. The fourth-order valence-electron chi connectivity index (χ4n) is 3.14. The van der Waals surface area contributed by atoms with Gasteiger partial charge in [-0.3, -0.25) is 0 Å². The molecule has 1 nitrogen and oxygen atoms in total. The lowest BCUT2D eigenvalue weighted by atomic mass is 9.88. The van der Waals surface area contributed by atoms with Gasteiger partial charge in [0.2, 0.25) is 0 Å². The minimum Gasteiger partial charge on any atom is -0.307 e. The molecule has 0 saturated carbocycles. The summed E-state index contributed by atoms with van der Waals surface area (Å²) in [5.74, 6) is 0. The molecule has 3 rings (SSSR count). The van der Waals surface area contributed by atoms with Gasteiger partial charge in [0.15, 0.2) is 0 Å². The van der Waals surface area contributed by atoms with E-state index < -0.39 is 0 Å². The molecule has 0 radical (unpaired) electrons. The summed E-state index contributed by atoms with van der Waals surface area (Å²) in [7, 11) is 0. The van der Waals surface area contributed by atoms with Gasteiger partial charge in [-0.1, -0.05) is 54.1 Å². The fourth-order valence-corrected chi connectivity index (χ4v) is 3.14. The van der Waals surface area contributed by atoms with E-state index in [-0.39, 0.29) is 0 Å². The summed E-state index contributed by atoms with van der Waals surface area (Å²) in [5.41, 5.74) is 5.77. The van der Waals surface area contributed by atoms with E-state index in [2.05, 4.69) is 67.7 Å². The molecule has 2 aromatic carbocycles. The van der Waals surface area contributed by atoms with Gasteiger partial charge in [-0.05, 0) is 49.8 Å². The predicted octanol–water partition coefficient (Wildman–Crippen LogP) is 4.20. The summed E-state index contributed by atoms with van der Waals surface area (Å²) in [5, 5.41) is 3.80. The van der Waals surface area contributed by atoms with Gasteiger partial charge in [-0.25, -0.2) is 0 Å². The van der Waals surface area contributed by atoms with Crippen molar-refractivity contribution in [3.63, 3.8) is 0 Å². The SMILES string of the molecule is Cc1ccc([C@H](C)NC2CCc3ccccc3C2)cc1. The highest BCUT2D eigenvalue weighted by molar-refractivity contribution is 5.30. The van der Waals surface area contributed by atoms with Crippen LogP contribution in [0.1, 0.15) is 41.6 Å². The molecule has 104 valence electrons. The largest absolute Gasteiger partial charge is 0.307 e. The Morgan fingerprint density at radius 2 is 1.70 bits per heavy atom. The molecule has 0 saturated heterocycles. The van der Waals surface area contributed by atoms with E-state index in [9.17, 15) is 0 Å². The first-order valence-electron chi connectivity index (χ1n) is 7.62. The van der Waals surface area contributed by atoms with Crippen LogP contribution in [0.25, 0.3) is 0 Å². The highest BCUT2D eigenvalue weighted by Crippen LogP contribution is 2.23.